The van der Waals surface area contributed by atoms with Gasteiger partial charge in [0.25, 0.3) is 0 Å². The van der Waals surface area contributed by atoms with E-state index in [9.17, 15) is 9.59 Å². The summed E-state index contributed by atoms with van der Waals surface area (Å²) in [6.45, 7) is 1.53. The summed E-state index contributed by atoms with van der Waals surface area (Å²) >= 11 is 0. The fourth-order valence-corrected chi connectivity index (χ4v) is 1.77. The lowest BCUT2D eigenvalue weighted by molar-refractivity contribution is -0.147. The van der Waals surface area contributed by atoms with E-state index < -0.39 is 17.8 Å². The van der Waals surface area contributed by atoms with Crippen LogP contribution in [0.2, 0.25) is 0 Å². The maximum atomic E-state index is 11.8. The second-order valence-electron chi connectivity index (χ2n) is 4.09. The average molecular weight is 227 g/mol. The minimum absolute atomic E-state index is 0.147. The summed E-state index contributed by atoms with van der Waals surface area (Å²) in [7, 11) is 0. The van der Waals surface area contributed by atoms with Crippen molar-refractivity contribution in [1.82, 2.24) is 5.32 Å². The van der Waals surface area contributed by atoms with Crippen LogP contribution in [-0.4, -0.2) is 34.7 Å². The second-order valence-corrected chi connectivity index (χ2v) is 4.09. The van der Waals surface area contributed by atoms with Gasteiger partial charge in [0.05, 0.1) is 18.4 Å². The summed E-state index contributed by atoms with van der Waals surface area (Å²) in [6.07, 6.45) is 4.45. The number of carbonyl (C=O) groups excluding carboxylic acids is 1. The molecule has 2 unspecified atom stereocenters. The van der Waals surface area contributed by atoms with Crippen molar-refractivity contribution in [3.63, 3.8) is 0 Å². The summed E-state index contributed by atoms with van der Waals surface area (Å²) < 4.78 is 0. The number of aliphatic carboxylic acids is 1. The molecule has 1 aliphatic rings. The van der Waals surface area contributed by atoms with Crippen molar-refractivity contribution < 1.29 is 19.8 Å². The molecule has 16 heavy (non-hydrogen) atoms. The molecule has 90 valence electrons. The number of hydrogen-bond donors (Lipinski definition) is 3. The first kappa shape index (κ1) is 12.7. The van der Waals surface area contributed by atoms with Crippen LogP contribution >= 0.6 is 0 Å². The molecule has 0 fully saturated rings. The van der Waals surface area contributed by atoms with E-state index in [2.05, 4.69) is 5.32 Å². The Morgan fingerprint density at radius 1 is 1.38 bits per heavy atom. The van der Waals surface area contributed by atoms with Crippen molar-refractivity contribution in [2.45, 2.75) is 25.8 Å². The van der Waals surface area contributed by atoms with E-state index in [1.807, 2.05) is 6.08 Å². The molecule has 0 saturated carbocycles. The lowest BCUT2D eigenvalue weighted by atomic mass is 9.82. The average Bonchev–Trinajstić information content (AvgIpc) is 2.28. The predicted molar refractivity (Wildman–Crippen MR) is 57.7 cm³/mol. The van der Waals surface area contributed by atoms with Gasteiger partial charge in [0.15, 0.2) is 0 Å². The van der Waals surface area contributed by atoms with Crippen molar-refractivity contribution in [1.29, 1.82) is 0 Å². The first-order valence-corrected chi connectivity index (χ1v) is 5.35. The highest BCUT2D eigenvalue weighted by atomic mass is 16.4. The van der Waals surface area contributed by atoms with E-state index in [0.717, 1.165) is 0 Å². The molecule has 0 spiro atoms. The molecule has 0 saturated heterocycles. The molecular formula is C11H17NO4. The molecule has 0 aromatic carbocycles. The van der Waals surface area contributed by atoms with Crippen LogP contribution < -0.4 is 5.32 Å². The van der Waals surface area contributed by atoms with Crippen LogP contribution in [0.5, 0.6) is 0 Å². The van der Waals surface area contributed by atoms with Crippen LogP contribution in [0, 0.1) is 11.8 Å². The first-order chi connectivity index (χ1) is 7.56. The van der Waals surface area contributed by atoms with Gasteiger partial charge in [-0.15, -0.1) is 0 Å². The lowest BCUT2D eigenvalue weighted by Gasteiger charge is -2.25. The Balaban J connectivity index is 2.65. The number of aliphatic hydroxyl groups excluding tert-OH is 1. The van der Waals surface area contributed by atoms with E-state index in [-0.39, 0.29) is 18.6 Å². The summed E-state index contributed by atoms with van der Waals surface area (Å²) in [5, 5.41) is 20.4. The quantitative estimate of drug-likeness (QED) is 0.597. The molecule has 0 aliphatic heterocycles. The number of carboxylic acid groups (broad SMARTS) is 1. The van der Waals surface area contributed by atoms with Gasteiger partial charge in [0.1, 0.15) is 0 Å². The maximum absolute atomic E-state index is 11.8. The number of nitrogens with one attached hydrogen (secondary N) is 1. The zero-order chi connectivity index (χ0) is 12.1. The van der Waals surface area contributed by atoms with Gasteiger partial charge in [-0.25, -0.2) is 0 Å². The summed E-state index contributed by atoms with van der Waals surface area (Å²) in [5.74, 6) is -2.42. The predicted octanol–water partition coefficient (Wildman–Crippen LogP) is 0.150. The van der Waals surface area contributed by atoms with Gasteiger partial charge >= 0.3 is 5.97 Å². The molecule has 0 aromatic rings. The number of rotatable bonds is 4. The Morgan fingerprint density at radius 2 is 1.94 bits per heavy atom. The SMILES string of the molecule is C[C@H](CO)NC(=O)C1CC=CCC1C(=O)O. The first-order valence-electron chi connectivity index (χ1n) is 5.35. The van der Waals surface area contributed by atoms with E-state index in [0.29, 0.717) is 12.8 Å². The monoisotopic (exact) mass is 227 g/mol. The van der Waals surface area contributed by atoms with Gasteiger partial charge in [-0.3, -0.25) is 9.59 Å². The molecule has 0 heterocycles. The van der Waals surface area contributed by atoms with Crippen molar-refractivity contribution in [3.05, 3.63) is 12.2 Å². The van der Waals surface area contributed by atoms with Gasteiger partial charge in [0, 0.05) is 6.04 Å². The molecule has 0 bridgehead atoms. The number of carbonyl (C=O) groups is 2. The van der Waals surface area contributed by atoms with Crippen molar-refractivity contribution in [2.24, 2.45) is 11.8 Å². The number of hydrogen-bond acceptors (Lipinski definition) is 3. The zero-order valence-electron chi connectivity index (χ0n) is 9.22. The fourth-order valence-electron chi connectivity index (χ4n) is 1.77. The lowest BCUT2D eigenvalue weighted by Crippen LogP contribution is -2.43. The standard InChI is InChI=1S/C11H17NO4/c1-7(6-13)12-10(14)8-4-2-3-5-9(8)11(15)16/h2-3,7-9,13H,4-6H2,1H3,(H,12,14)(H,15,16)/t7-,8?,9?/m1/s1. The smallest absolute Gasteiger partial charge is 0.307 e. The molecule has 0 radical (unpaired) electrons. The van der Waals surface area contributed by atoms with Gasteiger partial charge in [0.2, 0.25) is 5.91 Å². The topological polar surface area (TPSA) is 86.6 Å². The molecular weight excluding hydrogens is 210 g/mol. The third-order valence-electron chi connectivity index (χ3n) is 2.75. The largest absolute Gasteiger partial charge is 0.481 e. The van der Waals surface area contributed by atoms with Crippen LogP contribution in [-0.2, 0) is 9.59 Å². The van der Waals surface area contributed by atoms with Gasteiger partial charge in [-0.2, -0.15) is 0 Å². The van der Waals surface area contributed by atoms with Crippen molar-refractivity contribution in [2.75, 3.05) is 6.61 Å². The van der Waals surface area contributed by atoms with E-state index in [1.165, 1.54) is 0 Å². The Morgan fingerprint density at radius 3 is 2.44 bits per heavy atom. The second kappa shape index (κ2) is 5.65. The number of carboxylic acids is 1. The Bertz CT molecular complexity index is 300. The summed E-state index contributed by atoms with van der Waals surface area (Å²) in [4.78, 5) is 22.7. The Kier molecular flexibility index (Phi) is 4.49. The fraction of sp³-hybridized carbons (Fsp3) is 0.636. The van der Waals surface area contributed by atoms with Crippen molar-refractivity contribution in [3.8, 4) is 0 Å². The minimum atomic E-state index is -0.943. The maximum Gasteiger partial charge on any atom is 0.307 e. The van der Waals surface area contributed by atoms with E-state index >= 15 is 0 Å². The third kappa shape index (κ3) is 3.06. The highest BCUT2D eigenvalue weighted by Crippen LogP contribution is 2.26. The third-order valence-corrected chi connectivity index (χ3v) is 2.75. The van der Waals surface area contributed by atoms with Crippen LogP contribution in [0.3, 0.4) is 0 Å². The van der Waals surface area contributed by atoms with Crippen LogP contribution in [0.25, 0.3) is 0 Å². The van der Waals surface area contributed by atoms with E-state index in [1.54, 1.807) is 13.0 Å². The molecule has 1 amide bonds. The minimum Gasteiger partial charge on any atom is -0.481 e. The molecule has 3 N–H and O–H groups in total. The number of allylic oxidation sites excluding steroid dienone is 2. The highest BCUT2D eigenvalue weighted by molar-refractivity contribution is 5.85. The molecule has 1 rings (SSSR count). The number of aliphatic hydroxyl groups is 1. The molecule has 3 atom stereocenters. The summed E-state index contributed by atoms with van der Waals surface area (Å²) in [6, 6.07) is -0.340. The van der Waals surface area contributed by atoms with E-state index in [4.69, 9.17) is 10.2 Å². The normalized spacial score (nSPS) is 26.1. The van der Waals surface area contributed by atoms with Crippen LogP contribution in [0.15, 0.2) is 12.2 Å². The molecule has 0 aromatic heterocycles. The Hall–Kier alpha value is -1.36. The Labute approximate surface area is 94.2 Å². The molecule has 5 heteroatoms. The summed E-state index contributed by atoms with van der Waals surface area (Å²) in [5.41, 5.74) is 0. The number of amides is 1. The van der Waals surface area contributed by atoms with Crippen molar-refractivity contribution >= 4 is 11.9 Å². The highest BCUT2D eigenvalue weighted by Gasteiger charge is 2.34. The molecule has 5 nitrogen and oxygen atoms in total. The van der Waals surface area contributed by atoms with Gasteiger partial charge in [-0.1, -0.05) is 12.2 Å². The van der Waals surface area contributed by atoms with Gasteiger partial charge in [-0.05, 0) is 19.8 Å². The zero-order valence-corrected chi connectivity index (χ0v) is 9.22. The van der Waals surface area contributed by atoms with Gasteiger partial charge < -0.3 is 15.5 Å². The van der Waals surface area contributed by atoms with Crippen LogP contribution in [0.4, 0.5) is 0 Å². The molecule has 1 aliphatic carbocycles. The van der Waals surface area contributed by atoms with Crippen LogP contribution in [0.1, 0.15) is 19.8 Å².